The largest absolute Gasteiger partial charge is 0.497 e. The van der Waals surface area contributed by atoms with Crippen molar-refractivity contribution in [2.75, 3.05) is 18.0 Å². The highest BCUT2D eigenvalue weighted by molar-refractivity contribution is 7.92. The molecule has 0 spiro atoms. The van der Waals surface area contributed by atoms with Crippen LogP contribution in [0.5, 0.6) is 5.75 Å². The molecule has 0 aromatic heterocycles. The predicted molar refractivity (Wildman–Crippen MR) is 158 cm³/mol. The molecule has 0 saturated heterocycles. The molecule has 13 heteroatoms. The van der Waals surface area contributed by atoms with Crippen LogP contribution in [0.3, 0.4) is 0 Å². The van der Waals surface area contributed by atoms with Crippen LogP contribution in [0, 0.1) is 0 Å². The van der Waals surface area contributed by atoms with Crippen LogP contribution in [0.4, 0.5) is 18.9 Å². The molecular weight excluding hydrogens is 607 g/mol. The van der Waals surface area contributed by atoms with Gasteiger partial charge < -0.3 is 15.0 Å². The first-order valence-corrected chi connectivity index (χ1v) is 15.2. The molecule has 0 fully saturated rings. The Labute approximate surface area is 254 Å². The number of methoxy groups -OCH3 is 1. The summed E-state index contributed by atoms with van der Waals surface area (Å²) in [5.74, 6) is -0.693. The molecule has 3 aromatic rings. The number of hydrogen-bond donors (Lipinski definition) is 1. The van der Waals surface area contributed by atoms with E-state index in [1.165, 1.54) is 36.3 Å². The Morgan fingerprint density at radius 2 is 1.63 bits per heavy atom. The highest BCUT2D eigenvalue weighted by atomic mass is 35.5. The zero-order valence-electron chi connectivity index (χ0n) is 24.1. The van der Waals surface area contributed by atoms with E-state index < -0.39 is 56.9 Å². The first kappa shape index (κ1) is 33.7. The van der Waals surface area contributed by atoms with Gasteiger partial charge in [0.25, 0.3) is 10.0 Å². The minimum absolute atomic E-state index is 0.0828. The summed E-state index contributed by atoms with van der Waals surface area (Å²) in [4.78, 5) is 28.2. The molecule has 0 unspecified atom stereocenters. The van der Waals surface area contributed by atoms with Gasteiger partial charge in [0.1, 0.15) is 18.3 Å². The summed E-state index contributed by atoms with van der Waals surface area (Å²) in [6.45, 7) is 4.24. The molecule has 0 aliphatic carbocycles. The van der Waals surface area contributed by atoms with Gasteiger partial charge >= 0.3 is 6.18 Å². The Kier molecular flexibility index (Phi) is 11.1. The van der Waals surface area contributed by atoms with E-state index in [1.54, 1.807) is 51.1 Å². The van der Waals surface area contributed by atoms with Gasteiger partial charge in [0.15, 0.2) is 0 Å². The fraction of sp³-hybridized carbons (Fsp3) is 0.333. The zero-order chi connectivity index (χ0) is 31.9. The van der Waals surface area contributed by atoms with Gasteiger partial charge in [-0.1, -0.05) is 48.9 Å². The van der Waals surface area contributed by atoms with Crippen molar-refractivity contribution >= 4 is 39.1 Å². The summed E-state index contributed by atoms with van der Waals surface area (Å²) >= 11 is 5.81. The molecule has 0 bridgehead atoms. The Morgan fingerprint density at radius 1 is 1.00 bits per heavy atom. The van der Waals surface area contributed by atoms with E-state index in [9.17, 15) is 31.2 Å². The summed E-state index contributed by atoms with van der Waals surface area (Å²) in [5, 5.41) is 2.15. The Morgan fingerprint density at radius 3 is 2.16 bits per heavy atom. The fourth-order valence-electron chi connectivity index (χ4n) is 4.36. The van der Waals surface area contributed by atoms with Gasteiger partial charge in [-0.15, -0.1) is 0 Å². The van der Waals surface area contributed by atoms with Crippen LogP contribution in [0.2, 0.25) is 5.02 Å². The Balaban J connectivity index is 2.13. The second kappa shape index (κ2) is 14.1. The smallest absolute Gasteiger partial charge is 0.417 e. The van der Waals surface area contributed by atoms with E-state index in [-0.39, 0.29) is 23.9 Å². The van der Waals surface area contributed by atoms with Gasteiger partial charge in [0.2, 0.25) is 11.8 Å². The minimum atomic E-state index is -4.89. The number of halogens is 4. The standard InChI is InChI=1S/C30H33ClF3N3O5S/c1-5-27(29(39)35-20(2)3)36(18-21-11-14-23(42-4)15-12-21)28(38)19-37(43(40,41)24-9-7-6-8-10-24)22-13-16-26(31)25(17-22)30(32,33)34/h6-17,20,27H,5,18-19H2,1-4H3,(H,35,39)/t27-/m0/s1. The van der Waals surface area contributed by atoms with Crippen molar-refractivity contribution in [1.82, 2.24) is 10.2 Å². The highest BCUT2D eigenvalue weighted by Crippen LogP contribution is 2.38. The number of nitrogens with zero attached hydrogens (tertiary/aromatic N) is 2. The molecule has 0 heterocycles. The van der Waals surface area contributed by atoms with E-state index >= 15 is 0 Å². The molecule has 8 nitrogen and oxygen atoms in total. The van der Waals surface area contributed by atoms with E-state index in [0.29, 0.717) is 21.7 Å². The van der Waals surface area contributed by atoms with E-state index in [0.717, 1.165) is 12.1 Å². The highest BCUT2D eigenvalue weighted by Gasteiger charge is 2.37. The molecule has 3 aromatic carbocycles. The number of sulfonamides is 1. The zero-order valence-corrected chi connectivity index (χ0v) is 25.6. The topological polar surface area (TPSA) is 96.0 Å². The Hall–Kier alpha value is -3.77. The van der Waals surface area contributed by atoms with Gasteiger partial charge in [0.05, 0.1) is 28.3 Å². The molecule has 0 saturated carbocycles. The molecule has 1 N–H and O–H groups in total. The molecule has 0 aliphatic heterocycles. The lowest BCUT2D eigenvalue weighted by Gasteiger charge is -2.33. The number of nitrogens with one attached hydrogen (secondary N) is 1. The number of alkyl halides is 3. The van der Waals surface area contributed by atoms with Gasteiger partial charge in [-0.2, -0.15) is 13.2 Å². The number of carbonyl (C=O) groups is 2. The monoisotopic (exact) mass is 639 g/mol. The lowest BCUT2D eigenvalue weighted by molar-refractivity contribution is -0.140. The van der Waals surface area contributed by atoms with Crippen molar-refractivity contribution in [1.29, 1.82) is 0 Å². The third kappa shape index (κ3) is 8.41. The van der Waals surface area contributed by atoms with Crippen LogP contribution in [0.25, 0.3) is 0 Å². The fourth-order valence-corrected chi connectivity index (χ4v) is 6.01. The predicted octanol–water partition coefficient (Wildman–Crippen LogP) is 5.89. The summed E-state index contributed by atoms with van der Waals surface area (Å²) in [7, 11) is -3.06. The maximum absolute atomic E-state index is 14.0. The minimum Gasteiger partial charge on any atom is -0.497 e. The van der Waals surface area contributed by atoms with Crippen LogP contribution in [0.15, 0.2) is 77.7 Å². The van der Waals surface area contributed by atoms with Gasteiger partial charge in [-0.3, -0.25) is 13.9 Å². The first-order valence-electron chi connectivity index (χ1n) is 13.4. The van der Waals surface area contributed by atoms with Crippen molar-refractivity contribution in [3.63, 3.8) is 0 Å². The molecule has 1 atom stereocenters. The summed E-state index contributed by atoms with van der Waals surface area (Å²) in [6.07, 6.45) is -4.70. The molecule has 3 rings (SSSR count). The van der Waals surface area contributed by atoms with Gasteiger partial charge in [-0.05, 0) is 68.3 Å². The average Bonchev–Trinajstić information content (AvgIpc) is 2.95. The number of ether oxygens (including phenoxy) is 1. The molecular formula is C30H33ClF3N3O5S. The quantitative estimate of drug-likeness (QED) is 0.267. The van der Waals surface area contributed by atoms with Crippen molar-refractivity contribution in [2.45, 2.75) is 56.9 Å². The summed E-state index contributed by atoms with van der Waals surface area (Å²) in [5.41, 5.74) is -1.06. The first-order chi connectivity index (χ1) is 20.2. The summed E-state index contributed by atoms with van der Waals surface area (Å²) in [6, 6.07) is 15.1. The lowest BCUT2D eigenvalue weighted by atomic mass is 10.1. The maximum atomic E-state index is 14.0. The van der Waals surface area contributed by atoms with Crippen molar-refractivity contribution < 1.29 is 35.9 Å². The molecule has 232 valence electrons. The number of hydrogen-bond acceptors (Lipinski definition) is 5. The van der Waals surface area contributed by atoms with Crippen molar-refractivity contribution in [3.8, 4) is 5.75 Å². The number of benzene rings is 3. The molecule has 43 heavy (non-hydrogen) atoms. The third-order valence-electron chi connectivity index (χ3n) is 6.48. The Bertz CT molecular complexity index is 1520. The van der Waals surface area contributed by atoms with Crippen LogP contribution in [-0.2, 0) is 32.3 Å². The average molecular weight is 640 g/mol. The number of carbonyl (C=O) groups excluding carboxylic acids is 2. The molecule has 0 radical (unpaired) electrons. The third-order valence-corrected chi connectivity index (χ3v) is 8.60. The normalized spacial score (nSPS) is 12.5. The van der Waals surface area contributed by atoms with E-state index in [1.807, 2.05) is 0 Å². The van der Waals surface area contributed by atoms with Gasteiger partial charge in [0, 0.05) is 12.6 Å². The van der Waals surface area contributed by atoms with Crippen LogP contribution < -0.4 is 14.4 Å². The molecule has 2 amide bonds. The SMILES string of the molecule is CC[C@@H](C(=O)NC(C)C)N(Cc1ccc(OC)cc1)C(=O)CN(c1ccc(Cl)c(C(F)(F)F)c1)S(=O)(=O)c1ccccc1. The lowest BCUT2D eigenvalue weighted by Crippen LogP contribution is -2.53. The van der Waals surface area contributed by atoms with Crippen molar-refractivity contribution in [3.05, 3.63) is 88.9 Å². The molecule has 0 aliphatic rings. The second-order valence-electron chi connectivity index (χ2n) is 9.94. The number of amides is 2. The number of rotatable bonds is 12. The van der Waals surface area contributed by atoms with Crippen molar-refractivity contribution in [2.24, 2.45) is 0 Å². The maximum Gasteiger partial charge on any atom is 0.417 e. The van der Waals surface area contributed by atoms with Crippen LogP contribution >= 0.6 is 11.6 Å². The van der Waals surface area contributed by atoms with Gasteiger partial charge in [-0.25, -0.2) is 8.42 Å². The van der Waals surface area contributed by atoms with Crippen LogP contribution in [-0.4, -0.2) is 50.9 Å². The van der Waals surface area contributed by atoms with E-state index in [2.05, 4.69) is 5.32 Å². The number of anilines is 1. The summed E-state index contributed by atoms with van der Waals surface area (Å²) < 4.78 is 74.7. The van der Waals surface area contributed by atoms with Crippen LogP contribution in [0.1, 0.15) is 38.3 Å². The van der Waals surface area contributed by atoms with E-state index in [4.69, 9.17) is 16.3 Å². The second-order valence-corrected chi connectivity index (χ2v) is 12.2.